The van der Waals surface area contributed by atoms with E-state index in [1.165, 1.54) is 0 Å². The second-order valence-electron chi connectivity index (χ2n) is 2.19. The molecule has 3 nitrogen and oxygen atoms in total. The van der Waals surface area contributed by atoms with Crippen molar-refractivity contribution in [3.8, 4) is 0 Å². The summed E-state index contributed by atoms with van der Waals surface area (Å²) in [7, 11) is 0. The molecule has 0 unspecified atom stereocenters. The normalized spacial score (nSPS) is 10.0. The van der Waals surface area contributed by atoms with E-state index in [0.717, 1.165) is 18.7 Å². The number of aryl methyl sites for hydroxylation is 1. The molecular weight excluding hydrogens is 162 g/mol. The SMILES string of the molecule is NCCCc1nccc(Cl)n1. The van der Waals surface area contributed by atoms with Gasteiger partial charge >= 0.3 is 0 Å². The van der Waals surface area contributed by atoms with Crippen LogP contribution >= 0.6 is 11.6 Å². The molecule has 1 aromatic rings. The summed E-state index contributed by atoms with van der Waals surface area (Å²) in [5.41, 5.74) is 5.33. The Balaban J connectivity index is 2.56. The monoisotopic (exact) mass is 171 g/mol. The third kappa shape index (κ3) is 2.82. The predicted molar refractivity (Wildman–Crippen MR) is 44.4 cm³/mol. The lowest BCUT2D eigenvalue weighted by Crippen LogP contribution is -2.02. The van der Waals surface area contributed by atoms with Crippen LogP contribution in [-0.2, 0) is 6.42 Å². The average molecular weight is 172 g/mol. The first-order valence-corrected chi connectivity index (χ1v) is 3.88. The van der Waals surface area contributed by atoms with Crippen LogP contribution in [0.3, 0.4) is 0 Å². The lowest BCUT2D eigenvalue weighted by Gasteiger charge is -1.96. The number of halogens is 1. The molecule has 0 bridgehead atoms. The van der Waals surface area contributed by atoms with Crippen molar-refractivity contribution in [1.29, 1.82) is 0 Å². The molecule has 11 heavy (non-hydrogen) atoms. The fourth-order valence-corrected chi connectivity index (χ4v) is 0.909. The average Bonchev–Trinajstić information content (AvgIpc) is 2.01. The van der Waals surface area contributed by atoms with E-state index in [2.05, 4.69) is 9.97 Å². The summed E-state index contributed by atoms with van der Waals surface area (Å²) in [6.45, 7) is 0.663. The zero-order valence-electron chi connectivity index (χ0n) is 6.13. The van der Waals surface area contributed by atoms with Crippen LogP contribution in [0.4, 0.5) is 0 Å². The van der Waals surface area contributed by atoms with Gasteiger partial charge in [-0.05, 0) is 19.0 Å². The van der Waals surface area contributed by atoms with E-state index in [9.17, 15) is 0 Å². The zero-order chi connectivity index (χ0) is 8.10. The first kappa shape index (κ1) is 8.43. The maximum atomic E-state index is 5.64. The molecule has 0 radical (unpaired) electrons. The molecule has 0 amide bonds. The van der Waals surface area contributed by atoms with Gasteiger partial charge in [0, 0.05) is 12.6 Å². The Morgan fingerprint density at radius 1 is 1.55 bits per heavy atom. The molecule has 0 saturated carbocycles. The van der Waals surface area contributed by atoms with Crippen LogP contribution in [0.25, 0.3) is 0 Å². The van der Waals surface area contributed by atoms with Crippen LogP contribution in [0.5, 0.6) is 0 Å². The second-order valence-corrected chi connectivity index (χ2v) is 2.58. The lowest BCUT2D eigenvalue weighted by atomic mass is 10.3. The van der Waals surface area contributed by atoms with Gasteiger partial charge in [0.15, 0.2) is 0 Å². The highest BCUT2D eigenvalue weighted by molar-refractivity contribution is 6.29. The van der Waals surface area contributed by atoms with Gasteiger partial charge in [0.25, 0.3) is 0 Å². The predicted octanol–water partition coefficient (Wildman–Crippen LogP) is 1.02. The summed E-state index contributed by atoms with van der Waals surface area (Å²) in [5.74, 6) is 0.767. The smallest absolute Gasteiger partial charge is 0.132 e. The van der Waals surface area contributed by atoms with Crippen LogP contribution in [-0.4, -0.2) is 16.5 Å². The summed E-state index contributed by atoms with van der Waals surface area (Å²) in [5, 5.41) is 0.493. The molecule has 0 saturated heterocycles. The summed E-state index contributed by atoms with van der Waals surface area (Å²) in [6.07, 6.45) is 3.36. The van der Waals surface area contributed by atoms with E-state index in [4.69, 9.17) is 17.3 Å². The van der Waals surface area contributed by atoms with Crippen molar-refractivity contribution in [2.75, 3.05) is 6.54 Å². The fourth-order valence-electron chi connectivity index (χ4n) is 0.755. The molecule has 2 N–H and O–H groups in total. The lowest BCUT2D eigenvalue weighted by molar-refractivity contribution is 0.781. The standard InChI is InChI=1S/C7H10ClN3/c8-6-3-5-10-7(11-6)2-1-4-9/h3,5H,1-2,4,9H2. The number of hydrogen-bond donors (Lipinski definition) is 1. The Kier molecular flexibility index (Phi) is 3.26. The van der Waals surface area contributed by atoms with E-state index in [1.807, 2.05) is 0 Å². The third-order valence-corrected chi connectivity index (χ3v) is 1.49. The summed E-state index contributed by atoms with van der Waals surface area (Å²) < 4.78 is 0. The highest BCUT2D eigenvalue weighted by atomic mass is 35.5. The molecule has 0 atom stereocenters. The van der Waals surface area contributed by atoms with Crippen molar-refractivity contribution in [3.63, 3.8) is 0 Å². The minimum atomic E-state index is 0.493. The van der Waals surface area contributed by atoms with Crippen molar-refractivity contribution in [2.24, 2.45) is 5.73 Å². The maximum Gasteiger partial charge on any atom is 0.132 e. The minimum Gasteiger partial charge on any atom is -0.330 e. The number of aromatic nitrogens is 2. The van der Waals surface area contributed by atoms with Crippen molar-refractivity contribution in [3.05, 3.63) is 23.2 Å². The number of hydrogen-bond acceptors (Lipinski definition) is 3. The van der Waals surface area contributed by atoms with Crippen molar-refractivity contribution >= 4 is 11.6 Å². The minimum absolute atomic E-state index is 0.493. The van der Waals surface area contributed by atoms with E-state index in [0.29, 0.717) is 11.7 Å². The molecule has 4 heteroatoms. The molecular formula is C7H10ClN3. The molecule has 1 heterocycles. The van der Waals surface area contributed by atoms with Crippen LogP contribution in [0.1, 0.15) is 12.2 Å². The first-order chi connectivity index (χ1) is 5.33. The van der Waals surface area contributed by atoms with Gasteiger partial charge in [-0.2, -0.15) is 0 Å². The summed E-state index contributed by atoms with van der Waals surface area (Å²) in [4.78, 5) is 8.04. The summed E-state index contributed by atoms with van der Waals surface area (Å²) >= 11 is 5.64. The van der Waals surface area contributed by atoms with Crippen LogP contribution in [0.15, 0.2) is 12.3 Å². The van der Waals surface area contributed by atoms with E-state index in [1.54, 1.807) is 12.3 Å². The molecule has 0 fully saturated rings. The van der Waals surface area contributed by atoms with Gasteiger partial charge in [0.05, 0.1) is 0 Å². The summed E-state index contributed by atoms with van der Waals surface area (Å²) in [6, 6.07) is 1.66. The van der Waals surface area contributed by atoms with E-state index in [-0.39, 0.29) is 0 Å². The number of nitrogens with two attached hydrogens (primary N) is 1. The van der Waals surface area contributed by atoms with Gasteiger partial charge in [-0.3, -0.25) is 0 Å². The molecule has 0 spiro atoms. The Bertz CT molecular complexity index is 227. The Morgan fingerprint density at radius 2 is 2.36 bits per heavy atom. The molecule has 1 rings (SSSR count). The van der Waals surface area contributed by atoms with Crippen molar-refractivity contribution < 1.29 is 0 Å². The maximum absolute atomic E-state index is 5.64. The number of nitrogens with zero attached hydrogens (tertiary/aromatic N) is 2. The Morgan fingerprint density at radius 3 is 3.00 bits per heavy atom. The Hall–Kier alpha value is -0.670. The topological polar surface area (TPSA) is 51.8 Å². The first-order valence-electron chi connectivity index (χ1n) is 3.50. The van der Waals surface area contributed by atoms with Gasteiger partial charge in [-0.1, -0.05) is 11.6 Å². The molecule has 0 aliphatic rings. The van der Waals surface area contributed by atoms with Crippen LogP contribution in [0, 0.1) is 0 Å². The van der Waals surface area contributed by atoms with Crippen molar-refractivity contribution in [1.82, 2.24) is 9.97 Å². The van der Waals surface area contributed by atoms with E-state index >= 15 is 0 Å². The van der Waals surface area contributed by atoms with E-state index < -0.39 is 0 Å². The fraction of sp³-hybridized carbons (Fsp3) is 0.429. The van der Waals surface area contributed by atoms with Gasteiger partial charge < -0.3 is 5.73 Å². The van der Waals surface area contributed by atoms with Gasteiger partial charge in [-0.15, -0.1) is 0 Å². The van der Waals surface area contributed by atoms with Crippen LogP contribution in [0.2, 0.25) is 5.15 Å². The highest BCUT2D eigenvalue weighted by Crippen LogP contribution is 2.03. The van der Waals surface area contributed by atoms with Gasteiger partial charge in [0.1, 0.15) is 11.0 Å². The zero-order valence-corrected chi connectivity index (χ0v) is 6.88. The number of rotatable bonds is 3. The van der Waals surface area contributed by atoms with Crippen LogP contribution < -0.4 is 5.73 Å². The third-order valence-electron chi connectivity index (χ3n) is 1.28. The molecule has 0 aliphatic carbocycles. The molecule has 60 valence electrons. The quantitative estimate of drug-likeness (QED) is 0.691. The van der Waals surface area contributed by atoms with Gasteiger partial charge in [0.2, 0.25) is 0 Å². The largest absolute Gasteiger partial charge is 0.330 e. The van der Waals surface area contributed by atoms with Crippen molar-refractivity contribution in [2.45, 2.75) is 12.8 Å². The molecule has 0 aromatic carbocycles. The molecule has 0 aliphatic heterocycles. The second kappa shape index (κ2) is 4.26. The Labute approximate surface area is 70.6 Å². The molecule has 1 aromatic heterocycles. The highest BCUT2D eigenvalue weighted by Gasteiger charge is 1.95. The van der Waals surface area contributed by atoms with Gasteiger partial charge in [-0.25, -0.2) is 9.97 Å².